The largest absolute Gasteiger partial charge is 0.491 e. The van der Waals surface area contributed by atoms with Crippen molar-refractivity contribution >= 4 is 11.9 Å². The molecule has 6 heteroatoms. The lowest BCUT2D eigenvalue weighted by Crippen LogP contribution is -2.48. The smallest absolute Gasteiger partial charge is 0.239 e. The van der Waals surface area contributed by atoms with Crippen molar-refractivity contribution in [3.63, 3.8) is 0 Å². The Morgan fingerprint density at radius 2 is 1.92 bits per heavy atom. The van der Waals surface area contributed by atoms with Crippen molar-refractivity contribution in [2.75, 3.05) is 13.6 Å². The number of guanidine groups is 1. The fraction of sp³-hybridized carbons (Fsp3) is 0.579. The molecule has 3 N–H and O–H groups in total. The second-order valence-corrected chi connectivity index (χ2v) is 7.36. The van der Waals surface area contributed by atoms with Gasteiger partial charge in [0.1, 0.15) is 5.75 Å². The summed E-state index contributed by atoms with van der Waals surface area (Å²) in [5.41, 5.74) is 1.95. The van der Waals surface area contributed by atoms with E-state index in [1.807, 2.05) is 53.7 Å². The van der Waals surface area contributed by atoms with Crippen LogP contribution in [0.3, 0.4) is 0 Å². The first-order valence-corrected chi connectivity index (χ1v) is 8.62. The van der Waals surface area contributed by atoms with Gasteiger partial charge in [0.15, 0.2) is 5.96 Å². The number of aryl methyl sites for hydroxylation is 1. The summed E-state index contributed by atoms with van der Waals surface area (Å²) in [6.45, 7) is 12.6. The highest BCUT2D eigenvalue weighted by Crippen LogP contribution is 2.21. The number of amides is 1. The summed E-state index contributed by atoms with van der Waals surface area (Å²) in [5, 5.41) is 9.14. The summed E-state index contributed by atoms with van der Waals surface area (Å²) in [6.07, 6.45) is 0.110. The Labute approximate surface area is 151 Å². The molecule has 6 nitrogen and oxygen atoms in total. The molecule has 0 atom stereocenters. The molecule has 0 heterocycles. The number of hydrogen-bond donors (Lipinski definition) is 3. The van der Waals surface area contributed by atoms with Crippen LogP contribution in [0.5, 0.6) is 5.75 Å². The maximum absolute atomic E-state index is 11.9. The molecule has 0 aromatic heterocycles. The number of carbonyl (C=O) groups excluding carboxylic acids is 1. The van der Waals surface area contributed by atoms with Crippen LogP contribution >= 0.6 is 0 Å². The highest BCUT2D eigenvalue weighted by atomic mass is 16.5. The topological polar surface area (TPSA) is 74.8 Å². The SMILES string of the molecule is CN=C(NCC(=O)NC(C)(C)C)NCc1ccc(C)cc1OC(C)C. The molecule has 140 valence electrons. The third kappa shape index (κ3) is 8.42. The summed E-state index contributed by atoms with van der Waals surface area (Å²) in [7, 11) is 1.68. The molecule has 0 aliphatic rings. The summed E-state index contributed by atoms with van der Waals surface area (Å²) in [5.74, 6) is 1.36. The van der Waals surface area contributed by atoms with Gasteiger partial charge >= 0.3 is 0 Å². The average molecular weight is 348 g/mol. The molecule has 0 spiro atoms. The Morgan fingerprint density at radius 3 is 2.48 bits per heavy atom. The van der Waals surface area contributed by atoms with Crippen LogP contribution in [0, 0.1) is 6.92 Å². The van der Waals surface area contributed by atoms with Crippen molar-refractivity contribution in [3.05, 3.63) is 29.3 Å². The van der Waals surface area contributed by atoms with E-state index in [1.54, 1.807) is 7.05 Å². The average Bonchev–Trinajstić information content (AvgIpc) is 2.46. The van der Waals surface area contributed by atoms with E-state index in [0.717, 1.165) is 16.9 Å². The lowest BCUT2D eigenvalue weighted by molar-refractivity contribution is -0.121. The first-order chi connectivity index (χ1) is 11.6. The van der Waals surface area contributed by atoms with Crippen molar-refractivity contribution in [2.45, 2.75) is 59.7 Å². The fourth-order valence-electron chi connectivity index (χ4n) is 2.20. The molecule has 0 aliphatic carbocycles. The van der Waals surface area contributed by atoms with Gasteiger partial charge in [0.2, 0.25) is 5.91 Å². The second kappa shape index (κ2) is 9.30. The zero-order chi connectivity index (χ0) is 19.0. The van der Waals surface area contributed by atoms with Gasteiger partial charge < -0.3 is 20.7 Å². The van der Waals surface area contributed by atoms with Gasteiger partial charge in [-0.3, -0.25) is 9.79 Å². The Balaban J connectivity index is 2.62. The van der Waals surface area contributed by atoms with Crippen LogP contribution < -0.4 is 20.7 Å². The number of benzene rings is 1. The van der Waals surface area contributed by atoms with Crippen molar-refractivity contribution in [1.29, 1.82) is 0 Å². The minimum atomic E-state index is -0.249. The number of ether oxygens (including phenoxy) is 1. The Kier molecular flexibility index (Phi) is 7.74. The van der Waals surface area contributed by atoms with Crippen molar-refractivity contribution in [3.8, 4) is 5.75 Å². The summed E-state index contributed by atoms with van der Waals surface area (Å²) >= 11 is 0. The van der Waals surface area contributed by atoms with Gasteiger partial charge in [-0.15, -0.1) is 0 Å². The third-order valence-corrected chi connectivity index (χ3v) is 3.19. The lowest BCUT2D eigenvalue weighted by atomic mass is 10.1. The van der Waals surface area contributed by atoms with Crippen molar-refractivity contribution in [1.82, 2.24) is 16.0 Å². The van der Waals surface area contributed by atoms with Gasteiger partial charge in [0.25, 0.3) is 0 Å². The molecule has 25 heavy (non-hydrogen) atoms. The number of hydrogen-bond acceptors (Lipinski definition) is 3. The normalized spacial score (nSPS) is 12.1. The highest BCUT2D eigenvalue weighted by molar-refractivity contribution is 5.86. The monoisotopic (exact) mass is 348 g/mol. The summed E-state index contributed by atoms with van der Waals surface area (Å²) in [4.78, 5) is 16.0. The molecule has 0 saturated carbocycles. The molecule has 0 fully saturated rings. The zero-order valence-corrected chi connectivity index (χ0v) is 16.5. The van der Waals surface area contributed by atoms with E-state index < -0.39 is 0 Å². The van der Waals surface area contributed by atoms with E-state index in [4.69, 9.17) is 4.74 Å². The predicted molar refractivity (Wildman–Crippen MR) is 103 cm³/mol. The molecule has 1 aromatic carbocycles. The van der Waals surface area contributed by atoms with E-state index in [-0.39, 0.29) is 24.1 Å². The van der Waals surface area contributed by atoms with Crippen LogP contribution in [0.15, 0.2) is 23.2 Å². The van der Waals surface area contributed by atoms with E-state index in [2.05, 4.69) is 27.0 Å². The Hall–Kier alpha value is -2.24. The Morgan fingerprint density at radius 1 is 1.24 bits per heavy atom. The third-order valence-electron chi connectivity index (χ3n) is 3.19. The molecule has 0 saturated heterocycles. The lowest BCUT2D eigenvalue weighted by Gasteiger charge is -2.21. The molecule has 0 unspecified atom stereocenters. The van der Waals surface area contributed by atoms with Crippen molar-refractivity contribution < 1.29 is 9.53 Å². The molecule has 1 aromatic rings. The minimum Gasteiger partial charge on any atom is -0.491 e. The molecule has 0 bridgehead atoms. The van der Waals surface area contributed by atoms with Crippen LogP contribution in [0.2, 0.25) is 0 Å². The number of nitrogens with zero attached hydrogens (tertiary/aromatic N) is 1. The van der Waals surface area contributed by atoms with Crippen LogP contribution in [0.25, 0.3) is 0 Å². The van der Waals surface area contributed by atoms with Gasteiger partial charge in [-0.25, -0.2) is 0 Å². The summed E-state index contributed by atoms with van der Waals surface area (Å²) < 4.78 is 5.88. The highest BCUT2D eigenvalue weighted by Gasteiger charge is 2.14. The number of nitrogens with one attached hydrogen (secondary N) is 3. The van der Waals surface area contributed by atoms with E-state index in [1.165, 1.54) is 0 Å². The van der Waals surface area contributed by atoms with Gasteiger partial charge in [0, 0.05) is 24.7 Å². The second-order valence-electron chi connectivity index (χ2n) is 7.36. The molecular weight excluding hydrogens is 316 g/mol. The van der Waals surface area contributed by atoms with Crippen LogP contribution in [0.1, 0.15) is 45.7 Å². The first-order valence-electron chi connectivity index (χ1n) is 8.62. The van der Waals surface area contributed by atoms with Gasteiger partial charge in [-0.2, -0.15) is 0 Å². The standard InChI is InChI=1S/C19H32N4O2/c1-13(2)25-16-10-14(3)8-9-15(16)11-21-18(20-7)22-12-17(24)23-19(4,5)6/h8-10,13H,11-12H2,1-7H3,(H,23,24)(H2,20,21,22). The number of carbonyl (C=O) groups is 1. The molecular formula is C19H32N4O2. The quantitative estimate of drug-likeness (QED) is 0.545. The first kappa shape index (κ1) is 20.8. The maximum Gasteiger partial charge on any atom is 0.239 e. The van der Waals surface area contributed by atoms with E-state index in [0.29, 0.717) is 12.5 Å². The van der Waals surface area contributed by atoms with Gasteiger partial charge in [-0.1, -0.05) is 12.1 Å². The zero-order valence-electron chi connectivity index (χ0n) is 16.5. The molecule has 1 amide bonds. The minimum absolute atomic E-state index is 0.0744. The van der Waals surface area contributed by atoms with Gasteiger partial charge in [0.05, 0.1) is 12.6 Å². The fourth-order valence-corrected chi connectivity index (χ4v) is 2.20. The summed E-state index contributed by atoms with van der Waals surface area (Å²) in [6, 6.07) is 6.13. The molecule has 1 rings (SSSR count). The van der Waals surface area contributed by atoms with Crippen LogP contribution in [0.4, 0.5) is 0 Å². The van der Waals surface area contributed by atoms with Gasteiger partial charge in [-0.05, 0) is 53.2 Å². The van der Waals surface area contributed by atoms with E-state index >= 15 is 0 Å². The molecule has 0 radical (unpaired) electrons. The maximum atomic E-state index is 11.9. The predicted octanol–water partition coefficient (Wildman–Crippen LogP) is 2.36. The van der Waals surface area contributed by atoms with Crippen molar-refractivity contribution in [2.24, 2.45) is 4.99 Å². The van der Waals surface area contributed by atoms with Crippen LogP contribution in [-0.4, -0.2) is 37.1 Å². The number of aliphatic imine (C=N–C) groups is 1. The van der Waals surface area contributed by atoms with E-state index in [9.17, 15) is 4.79 Å². The Bertz CT molecular complexity index is 604. The van der Waals surface area contributed by atoms with Crippen LogP contribution in [-0.2, 0) is 11.3 Å². The molecule has 0 aliphatic heterocycles. The number of rotatable bonds is 6.